The van der Waals surface area contributed by atoms with Gasteiger partial charge in [0, 0.05) is 16.7 Å². The standard InChI is InChI=1S/C29H19ClO4/c30-23-12-10-22(11-13-23)26(31)18-33-24-14-15-25-27(17-24)34-28(29(25)32)16-19-6-8-21(9-7-19)20-4-2-1-3-5-20/h1-17H,18H2/b28-16-. The fraction of sp³-hybridized carbons (Fsp3) is 0.0345. The number of rotatable bonds is 6. The first kappa shape index (κ1) is 21.7. The number of carbonyl (C=O) groups excluding carboxylic acids is 2. The summed E-state index contributed by atoms with van der Waals surface area (Å²) in [6.07, 6.45) is 1.72. The van der Waals surface area contributed by atoms with Crippen LogP contribution in [0.5, 0.6) is 11.5 Å². The zero-order valence-corrected chi connectivity index (χ0v) is 18.8. The number of halogens is 1. The third-order valence-corrected chi connectivity index (χ3v) is 5.75. The van der Waals surface area contributed by atoms with Crippen LogP contribution in [-0.2, 0) is 0 Å². The molecule has 0 unspecified atom stereocenters. The van der Waals surface area contributed by atoms with Crippen molar-refractivity contribution in [1.82, 2.24) is 0 Å². The second kappa shape index (κ2) is 9.38. The number of Topliss-reactive ketones (excluding diaryl/α,β-unsaturated/α-hetero) is 2. The Hall–Kier alpha value is -4.15. The Morgan fingerprint density at radius 2 is 1.56 bits per heavy atom. The molecule has 5 heteroatoms. The fourth-order valence-electron chi connectivity index (χ4n) is 3.68. The smallest absolute Gasteiger partial charge is 0.231 e. The van der Waals surface area contributed by atoms with Crippen molar-refractivity contribution < 1.29 is 19.1 Å². The highest BCUT2D eigenvalue weighted by Crippen LogP contribution is 2.35. The summed E-state index contributed by atoms with van der Waals surface area (Å²) in [4.78, 5) is 25.1. The molecule has 1 aliphatic heterocycles. The normalized spacial score (nSPS) is 13.4. The topological polar surface area (TPSA) is 52.6 Å². The molecule has 0 bridgehead atoms. The summed E-state index contributed by atoms with van der Waals surface area (Å²) in [5, 5.41) is 0.564. The predicted octanol–water partition coefficient (Wildman–Crippen LogP) is 6.88. The molecule has 4 aromatic carbocycles. The van der Waals surface area contributed by atoms with Gasteiger partial charge in [0.2, 0.25) is 5.78 Å². The fourth-order valence-corrected chi connectivity index (χ4v) is 3.80. The first-order chi connectivity index (χ1) is 16.6. The summed E-state index contributed by atoms with van der Waals surface area (Å²) in [6, 6.07) is 29.6. The van der Waals surface area contributed by atoms with Gasteiger partial charge < -0.3 is 9.47 Å². The van der Waals surface area contributed by atoms with Crippen LogP contribution < -0.4 is 9.47 Å². The van der Waals surface area contributed by atoms with Crippen LogP contribution in [0.1, 0.15) is 26.3 Å². The largest absolute Gasteiger partial charge is 0.485 e. The molecule has 34 heavy (non-hydrogen) atoms. The third-order valence-electron chi connectivity index (χ3n) is 5.49. The van der Waals surface area contributed by atoms with Crippen molar-refractivity contribution in [3.63, 3.8) is 0 Å². The van der Waals surface area contributed by atoms with Crippen molar-refractivity contribution >= 4 is 29.2 Å². The van der Waals surface area contributed by atoms with Gasteiger partial charge in [-0.15, -0.1) is 0 Å². The number of hydrogen-bond donors (Lipinski definition) is 0. The molecule has 0 radical (unpaired) electrons. The lowest BCUT2D eigenvalue weighted by Crippen LogP contribution is -2.11. The van der Waals surface area contributed by atoms with Gasteiger partial charge in [-0.3, -0.25) is 9.59 Å². The van der Waals surface area contributed by atoms with Crippen molar-refractivity contribution in [1.29, 1.82) is 0 Å². The summed E-state index contributed by atoms with van der Waals surface area (Å²) < 4.78 is 11.4. The molecule has 1 aliphatic rings. The van der Waals surface area contributed by atoms with Crippen molar-refractivity contribution in [3.05, 3.63) is 125 Å². The van der Waals surface area contributed by atoms with E-state index in [1.807, 2.05) is 42.5 Å². The highest BCUT2D eigenvalue weighted by atomic mass is 35.5. The van der Waals surface area contributed by atoms with E-state index in [1.54, 1.807) is 48.5 Å². The molecule has 0 saturated heterocycles. The molecule has 0 aromatic heterocycles. The number of ether oxygens (including phenoxy) is 2. The molecule has 0 aliphatic carbocycles. The molecular formula is C29H19ClO4. The Morgan fingerprint density at radius 3 is 2.29 bits per heavy atom. The molecule has 0 spiro atoms. The Balaban J connectivity index is 1.27. The van der Waals surface area contributed by atoms with Crippen LogP contribution in [0, 0.1) is 0 Å². The number of ketones is 2. The van der Waals surface area contributed by atoms with Gasteiger partial charge in [0.05, 0.1) is 5.56 Å². The number of fused-ring (bicyclic) bond motifs is 1. The number of hydrogen-bond acceptors (Lipinski definition) is 4. The summed E-state index contributed by atoms with van der Waals surface area (Å²) in [7, 11) is 0. The summed E-state index contributed by atoms with van der Waals surface area (Å²) in [6.45, 7) is -0.134. The van der Waals surface area contributed by atoms with E-state index in [1.165, 1.54) is 0 Å². The Kier molecular flexibility index (Phi) is 5.98. The monoisotopic (exact) mass is 466 g/mol. The van der Waals surface area contributed by atoms with E-state index >= 15 is 0 Å². The van der Waals surface area contributed by atoms with E-state index < -0.39 is 0 Å². The minimum absolute atomic E-state index is 0.134. The third kappa shape index (κ3) is 4.63. The van der Waals surface area contributed by atoms with Gasteiger partial charge in [0.15, 0.2) is 18.1 Å². The molecule has 1 heterocycles. The zero-order chi connectivity index (χ0) is 23.5. The van der Waals surface area contributed by atoms with Crippen LogP contribution in [0.4, 0.5) is 0 Å². The molecule has 166 valence electrons. The van der Waals surface area contributed by atoms with E-state index in [0.717, 1.165) is 16.7 Å². The molecule has 0 atom stereocenters. The maximum absolute atomic E-state index is 12.8. The van der Waals surface area contributed by atoms with Gasteiger partial charge in [0.25, 0.3) is 0 Å². The second-order valence-corrected chi connectivity index (χ2v) is 8.24. The average molecular weight is 467 g/mol. The lowest BCUT2D eigenvalue weighted by molar-refractivity contribution is 0.0921. The van der Waals surface area contributed by atoms with Crippen LogP contribution in [0.3, 0.4) is 0 Å². The minimum Gasteiger partial charge on any atom is -0.485 e. The predicted molar refractivity (Wildman–Crippen MR) is 133 cm³/mol. The van der Waals surface area contributed by atoms with Crippen molar-refractivity contribution in [2.45, 2.75) is 0 Å². The van der Waals surface area contributed by atoms with Crippen LogP contribution in [0.25, 0.3) is 17.2 Å². The molecule has 0 N–H and O–H groups in total. The summed E-state index contributed by atoms with van der Waals surface area (Å²) in [5.41, 5.74) is 4.06. The van der Waals surface area contributed by atoms with E-state index in [-0.39, 0.29) is 23.9 Å². The van der Waals surface area contributed by atoms with E-state index in [4.69, 9.17) is 21.1 Å². The van der Waals surface area contributed by atoms with Gasteiger partial charge in [-0.1, -0.05) is 66.2 Å². The van der Waals surface area contributed by atoms with E-state index in [0.29, 0.717) is 27.6 Å². The number of allylic oxidation sites excluding steroid dienone is 1. The quantitative estimate of drug-likeness (QED) is 0.229. The van der Waals surface area contributed by atoms with Gasteiger partial charge in [-0.25, -0.2) is 0 Å². The van der Waals surface area contributed by atoms with Crippen LogP contribution in [-0.4, -0.2) is 18.2 Å². The molecule has 5 rings (SSSR count). The number of carbonyl (C=O) groups is 2. The highest BCUT2D eigenvalue weighted by Gasteiger charge is 2.27. The van der Waals surface area contributed by atoms with E-state index in [2.05, 4.69) is 12.1 Å². The number of benzene rings is 4. The van der Waals surface area contributed by atoms with Gasteiger partial charge in [0.1, 0.15) is 11.5 Å². The zero-order valence-electron chi connectivity index (χ0n) is 18.0. The molecule has 4 aromatic rings. The molecule has 0 fully saturated rings. The van der Waals surface area contributed by atoms with Crippen molar-refractivity contribution in [2.75, 3.05) is 6.61 Å². The Morgan fingerprint density at radius 1 is 0.853 bits per heavy atom. The van der Waals surface area contributed by atoms with Crippen LogP contribution in [0.2, 0.25) is 5.02 Å². The SMILES string of the molecule is O=C(COc1ccc2c(c1)O/C(=C\c1ccc(-c3ccccc3)cc1)C2=O)c1ccc(Cl)cc1. The summed E-state index contributed by atoms with van der Waals surface area (Å²) >= 11 is 5.86. The molecule has 4 nitrogen and oxygen atoms in total. The lowest BCUT2D eigenvalue weighted by atomic mass is 10.0. The Bertz CT molecular complexity index is 1390. The maximum Gasteiger partial charge on any atom is 0.231 e. The molecular weight excluding hydrogens is 448 g/mol. The van der Waals surface area contributed by atoms with Gasteiger partial charge in [-0.05, 0) is 59.2 Å². The van der Waals surface area contributed by atoms with Crippen LogP contribution in [0.15, 0.2) is 103 Å². The highest BCUT2D eigenvalue weighted by molar-refractivity contribution is 6.30. The molecule has 0 saturated carbocycles. The summed E-state index contributed by atoms with van der Waals surface area (Å²) in [5.74, 6) is 0.743. The maximum atomic E-state index is 12.8. The second-order valence-electron chi connectivity index (χ2n) is 7.80. The minimum atomic E-state index is -0.189. The lowest BCUT2D eigenvalue weighted by Gasteiger charge is -2.07. The Labute approximate surface area is 202 Å². The van der Waals surface area contributed by atoms with Gasteiger partial charge in [-0.2, -0.15) is 0 Å². The molecule has 0 amide bonds. The average Bonchev–Trinajstić information content (AvgIpc) is 3.18. The van der Waals surface area contributed by atoms with Gasteiger partial charge >= 0.3 is 0 Å². The van der Waals surface area contributed by atoms with Crippen LogP contribution >= 0.6 is 11.6 Å². The van der Waals surface area contributed by atoms with E-state index in [9.17, 15) is 9.59 Å². The first-order valence-corrected chi connectivity index (χ1v) is 11.1. The first-order valence-electron chi connectivity index (χ1n) is 10.7. The van der Waals surface area contributed by atoms with Crippen molar-refractivity contribution in [3.8, 4) is 22.6 Å². The van der Waals surface area contributed by atoms with Crippen molar-refractivity contribution in [2.24, 2.45) is 0 Å².